The molecule has 1 saturated heterocycles. The summed E-state index contributed by atoms with van der Waals surface area (Å²) < 4.78 is 0. The quantitative estimate of drug-likeness (QED) is 0.691. The summed E-state index contributed by atoms with van der Waals surface area (Å²) in [6.45, 7) is 1.26. The molecular formula is C14H25NO. The molecule has 0 unspecified atom stereocenters. The first-order valence-corrected chi connectivity index (χ1v) is 7.30. The van der Waals surface area contributed by atoms with E-state index in [4.69, 9.17) is 0 Å². The predicted molar refractivity (Wildman–Crippen MR) is 65.3 cm³/mol. The van der Waals surface area contributed by atoms with E-state index in [2.05, 4.69) is 4.90 Å². The zero-order valence-electron chi connectivity index (χ0n) is 10.3. The molecule has 0 aromatic carbocycles. The molecular weight excluding hydrogens is 198 g/mol. The van der Waals surface area contributed by atoms with Gasteiger partial charge in [-0.2, -0.15) is 0 Å². The van der Waals surface area contributed by atoms with Crippen molar-refractivity contribution in [1.82, 2.24) is 4.90 Å². The molecule has 0 aromatic heterocycles. The Balaban J connectivity index is 1.70. The summed E-state index contributed by atoms with van der Waals surface area (Å²) in [4.78, 5) is 2.69. The second kappa shape index (κ2) is 4.66. The first-order valence-electron chi connectivity index (χ1n) is 7.30. The minimum atomic E-state index is -0.0400. The van der Waals surface area contributed by atoms with Crippen molar-refractivity contribution in [2.45, 2.75) is 76.0 Å². The molecule has 3 rings (SSSR count). The van der Waals surface area contributed by atoms with Gasteiger partial charge in [0, 0.05) is 12.1 Å². The van der Waals surface area contributed by atoms with Crippen molar-refractivity contribution in [3.05, 3.63) is 0 Å². The van der Waals surface area contributed by atoms with Crippen molar-refractivity contribution in [3.8, 4) is 0 Å². The first kappa shape index (κ1) is 11.0. The van der Waals surface area contributed by atoms with Gasteiger partial charge in [-0.3, -0.25) is 4.90 Å². The molecule has 0 aromatic rings. The minimum absolute atomic E-state index is 0.0400. The lowest BCUT2D eigenvalue weighted by atomic mass is 10.0. The van der Waals surface area contributed by atoms with Crippen LogP contribution in [0.5, 0.6) is 0 Å². The number of nitrogens with zero attached hydrogens (tertiary/aromatic N) is 1. The van der Waals surface area contributed by atoms with Gasteiger partial charge in [0.05, 0.1) is 6.10 Å². The van der Waals surface area contributed by atoms with E-state index < -0.39 is 0 Å². The number of likely N-dealkylation sites (tertiary alicyclic amines) is 1. The fourth-order valence-corrected chi connectivity index (χ4v) is 4.34. The second-order valence-corrected chi connectivity index (χ2v) is 6.06. The van der Waals surface area contributed by atoms with Crippen molar-refractivity contribution in [1.29, 1.82) is 0 Å². The van der Waals surface area contributed by atoms with Crippen LogP contribution in [0.1, 0.15) is 57.8 Å². The number of hydrogen-bond donors (Lipinski definition) is 1. The molecule has 3 aliphatic rings. The van der Waals surface area contributed by atoms with Crippen molar-refractivity contribution >= 4 is 0 Å². The van der Waals surface area contributed by atoms with Crippen LogP contribution in [-0.2, 0) is 0 Å². The van der Waals surface area contributed by atoms with Crippen molar-refractivity contribution in [2.75, 3.05) is 6.54 Å². The topological polar surface area (TPSA) is 23.5 Å². The van der Waals surface area contributed by atoms with E-state index in [1.165, 1.54) is 57.9 Å². The van der Waals surface area contributed by atoms with Crippen LogP contribution in [0.4, 0.5) is 0 Å². The normalized spacial score (nSPS) is 45.6. The third-order valence-corrected chi connectivity index (χ3v) is 5.17. The third-order valence-electron chi connectivity index (χ3n) is 5.17. The van der Waals surface area contributed by atoms with Crippen molar-refractivity contribution in [3.63, 3.8) is 0 Å². The van der Waals surface area contributed by atoms with Crippen LogP contribution in [0.25, 0.3) is 0 Å². The molecule has 2 aliphatic carbocycles. The molecule has 0 spiro atoms. The van der Waals surface area contributed by atoms with Crippen LogP contribution in [0.2, 0.25) is 0 Å². The molecule has 2 nitrogen and oxygen atoms in total. The lowest BCUT2D eigenvalue weighted by molar-refractivity contribution is 0.0348. The molecule has 92 valence electrons. The number of aliphatic hydroxyl groups is 1. The summed E-state index contributed by atoms with van der Waals surface area (Å²) in [5.41, 5.74) is 0. The van der Waals surface area contributed by atoms with E-state index in [9.17, 15) is 5.11 Å². The molecule has 1 aliphatic heterocycles. The largest absolute Gasteiger partial charge is 0.391 e. The van der Waals surface area contributed by atoms with Gasteiger partial charge in [-0.25, -0.2) is 0 Å². The summed E-state index contributed by atoms with van der Waals surface area (Å²) in [5.74, 6) is 0.968. The van der Waals surface area contributed by atoms with Gasteiger partial charge in [-0.1, -0.05) is 25.7 Å². The molecule has 4 atom stereocenters. The predicted octanol–water partition coefficient (Wildman–Crippen LogP) is 2.55. The Hall–Kier alpha value is -0.0800. The average Bonchev–Trinajstić information content (AvgIpc) is 2.80. The first-order chi connectivity index (χ1) is 7.86. The van der Waals surface area contributed by atoms with Crippen molar-refractivity contribution in [2.24, 2.45) is 5.92 Å². The summed E-state index contributed by atoms with van der Waals surface area (Å²) in [7, 11) is 0. The smallest absolute Gasteiger partial charge is 0.0695 e. The van der Waals surface area contributed by atoms with Gasteiger partial charge in [-0.05, 0) is 44.6 Å². The van der Waals surface area contributed by atoms with Gasteiger partial charge in [0.15, 0.2) is 0 Å². The molecule has 0 radical (unpaired) electrons. The van der Waals surface area contributed by atoms with Crippen LogP contribution < -0.4 is 0 Å². The third kappa shape index (κ3) is 1.91. The number of rotatable bonds is 1. The van der Waals surface area contributed by atoms with E-state index in [1.807, 2.05) is 0 Å². The van der Waals surface area contributed by atoms with Crippen LogP contribution in [0.3, 0.4) is 0 Å². The highest BCUT2D eigenvalue weighted by Gasteiger charge is 2.42. The lowest BCUT2D eigenvalue weighted by Crippen LogP contribution is -2.45. The summed E-state index contributed by atoms with van der Waals surface area (Å²) >= 11 is 0. The van der Waals surface area contributed by atoms with Crippen molar-refractivity contribution < 1.29 is 5.11 Å². The van der Waals surface area contributed by atoms with Gasteiger partial charge in [0.1, 0.15) is 0 Å². The highest BCUT2D eigenvalue weighted by Crippen LogP contribution is 2.40. The van der Waals surface area contributed by atoms with Crippen LogP contribution in [0.15, 0.2) is 0 Å². The SMILES string of the molecule is O[C@H]1CCCCC[C@@H]1N1CC[C@H]2CCC[C@H]21. The lowest BCUT2D eigenvalue weighted by Gasteiger charge is -2.35. The van der Waals surface area contributed by atoms with Crippen LogP contribution in [-0.4, -0.2) is 34.7 Å². The Morgan fingerprint density at radius 2 is 1.56 bits per heavy atom. The standard InChI is InChI=1S/C14H25NO/c16-14-8-3-1-2-6-13(14)15-10-9-11-5-4-7-12(11)15/h11-14,16H,1-10H2/t11-,12-,13+,14+/m1/s1. The molecule has 2 saturated carbocycles. The van der Waals surface area contributed by atoms with E-state index in [0.717, 1.165) is 18.4 Å². The van der Waals surface area contributed by atoms with E-state index in [-0.39, 0.29) is 6.10 Å². The van der Waals surface area contributed by atoms with Gasteiger partial charge in [0.25, 0.3) is 0 Å². The Kier molecular flexibility index (Phi) is 3.21. The van der Waals surface area contributed by atoms with Crippen LogP contribution in [0, 0.1) is 5.92 Å². The highest BCUT2D eigenvalue weighted by atomic mass is 16.3. The zero-order valence-corrected chi connectivity index (χ0v) is 10.3. The van der Waals surface area contributed by atoms with Gasteiger partial charge in [-0.15, -0.1) is 0 Å². The Morgan fingerprint density at radius 3 is 2.50 bits per heavy atom. The number of hydrogen-bond acceptors (Lipinski definition) is 2. The summed E-state index contributed by atoms with van der Waals surface area (Å²) in [6.07, 6.45) is 11.8. The fraction of sp³-hybridized carbons (Fsp3) is 1.00. The molecule has 1 heterocycles. The van der Waals surface area contributed by atoms with Gasteiger partial charge in [0.2, 0.25) is 0 Å². The van der Waals surface area contributed by atoms with Gasteiger partial charge < -0.3 is 5.11 Å². The molecule has 0 bridgehead atoms. The maximum atomic E-state index is 10.3. The molecule has 16 heavy (non-hydrogen) atoms. The molecule has 1 N–H and O–H groups in total. The van der Waals surface area contributed by atoms with E-state index >= 15 is 0 Å². The highest BCUT2D eigenvalue weighted by molar-refractivity contribution is 4.96. The number of fused-ring (bicyclic) bond motifs is 1. The second-order valence-electron chi connectivity index (χ2n) is 6.06. The Morgan fingerprint density at radius 1 is 0.750 bits per heavy atom. The Bertz CT molecular complexity index is 243. The summed E-state index contributed by atoms with van der Waals surface area (Å²) in [5, 5.41) is 10.3. The van der Waals surface area contributed by atoms with Gasteiger partial charge >= 0.3 is 0 Å². The maximum absolute atomic E-state index is 10.3. The average molecular weight is 223 g/mol. The summed E-state index contributed by atoms with van der Waals surface area (Å²) in [6, 6.07) is 1.33. The molecule has 2 heteroatoms. The van der Waals surface area contributed by atoms with E-state index in [0.29, 0.717) is 6.04 Å². The number of aliphatic hydroxyl groups excluding tert-OH is 1. The van der Waals surface area contributed by atoms with Crippen LogP contribution >= 0.6 is 0 Å². The Labute approximate surface area is 99.0 Å². The zero-order chi connectivity index (χ0) is 11.0. The van der Waals surface area contributed by atoms with E-state index in [1.54, 1.807) is 0 Å². The molecule has 0 amide bonds. The molecule has 3 fully saturated rings. The fourth-order valence-electron chi connectivity index (χ4n) is 4.34. The maximum Gasteiger partial charge on any atom is 0.0695 e. The monoisotopic (exact) mass is 223 g/mol. The minimum Gasteiger partial charge on any atom is -0.391 e.